The van der Waals surface area contributed by atoms with Crippen LogP contribution in [0.15, 0.2) is 42.5 Å². The number of hydrogen-bond acceptors (Lipinski definition) is 4. The Kier molecular flexibility index (Phi) is 9.58. The summed E-state index contributed by atoms with van der Waals surface area (Å²) in [4.78, 5) is 45.4. The van der Waals surface area contributed by atoms with Crippen molar-refractivity contribution in [2.75, 3.05) is 52.9 Å². The largest absolute Gasteiger partial charge is 0.416 e. The summed E-state index contributed by atoms with van der Waals surface area (Å²) in [7, 11) is 1.40. The summed E-state index contributed by atoms with van der Waals surface area (Å²) in [5.74, 6) is -2.06. The third-order valence-electron chi connectivity index (χ3n) is 8.78. The Morgan fingerprint density at radius 3 is 1.80 bits per heavy atom. The molecule has 0 aromatic heterocycles. The monoisotopic (exact) mass is 644 g/mol. The van der Waals surface area contributed by atoms with E-state index in [1.165, 1.54) is 57.0 Å². The van der Waals surface area contributed by atoms with Crippen LogP contribution in [0.5, 0.6) is 0 Å². The molecule has 2 aliphatic rings. The first kappa shape index (κ1) is 34.2. The van der Waals surface area contributed by atoms with Crippen molar-refractivity contribution in [3.8, 4) is 0 Å². The Bertz CT molecular complexity index is 1390. The maximum atomic E-state index is 13.9. The number of likely N-dealkylation sites (N-methyl/N-ethyl adjacent to an activating group) is 1. The van der Waals surface area contributed by atoms with Gasteiger partial charge in [0.25, 0.3) is 0 Å². The van der Waals surface area contributed by atoms with Gasteiger partial charge in [-0.05, 0) is 55.3 Å². The molecule has 14 heteroatoms. The minimum Gasteiger partial charge on any atom is -0.340 e. The highest BCUT2D eigenvalue weighted by molar-refractivity contribution is 5.88. The third-order valence-corrected chi connectivity index (χ3v) is 8.78. The number of hydrogen-bond donors (Lipinski definition) is 0. The minimum absolute atomic E-state index is 0.0127. The second kappa shape index (κ2) is 12.6. The molecule has 3 amide bonds. The van der Waals surface area contributed by atoms with Crippen molar-refractivity contribution in [3.63, 3.8) is 0 Å². The van der Waals surface area contributed by atoms with Crippen molar-refractivity contribution in [1.82, 2.24) is 19.6 Å². The van der Waals surface area contributed by atoms with Crippen molar-refractivity contribution >= 4 is 17.7 Å². The van der Waals surface area contributed by atoms with E-state index >= 15 is 0 Å². The lowest BCUT2D eigenvalue weighted by molar-refractivity contribution is -0.144. The Morgan fingerprint density at radius 1 is 0.800 bits per heavy atom. The zero-order chi connectivity index (χ0) is 33.5. The van der Waals surface area contributed by atoms with Gasteiger partial charge in [0.05, 0.1) is 29.1 Å². The number of alkyl halides is 6. The lowest BCUT2D eigenvalue weighted by Crippen LogP contribution is -2.51. The van der Waals surface area contributed by atoms with Crippen molar-refractivity contribution < 1.29 is 45.1 Å². The number of amides is 3. The second-order valence-corrected chi connectivity index (χ2v) is 12.1. The molecule has 2 aromatic carbocycles. The lowest BCUT2D eigenvalue weighted by atomic mass is 9.80. The van der Waals surface area contributed by atoms with Crippen LogP contribution in [0.4, 0.5) is 30.7 Å². The average Bonchev–Trinajstić information content (AvgIpc) is 3.41. The predicted molar refractivity (Wildman–Crippen MR) is 150 cm³/mol. The molecule has 2 saturated heterocycles. The number of carbonyl (C=O) groups is 3. The van der Waals surface area contributed by atoms with E-state index in [1.807, 2.05) is 4.90 Å². The second-order valence-electron chi connectivity index (χ2n) is 12.1. The van der Waals surface area contributed by atoms with E-state index in [2.05, 4.69) is 0 Å². The number of likely N-dealkylation sites (tertiary alicyclic amines) is 1. The minimum atomic E-state index is -5.08. The molecule has 0 N–H and O–H groups in total. The highest BCUT2D eigenvalue weighted by atomic mass is 19.4. The van der Waals surface area contributed by atoms with Crippen molar-refractivity contribution in [2.45, 2.75) is 50.5 Å². The molecular formula is C31H35F7N4O3. The van der Waals surface area contributed by atoms with Gasteiger partial charge in [0, 0.05) is 59.2 Å². The molecule has 2 aliphatic heterocycles. The van der Waals surface area contributed by atoms with E-state index in [4.69, 9.17) is 0 Å². The van der Waals surface area contributed by atoms with Gasteiger partial charge in [-0.15, -0.1) is 0 Å². The van der Waals surface area contributed by atoms with Gasteiger partial charge in [-0.3, -0.25) is 19.3 Å². The van der Waals surface area contributed by atoms with Gasteiger partial charge in [0.2, 0.25) is 17.7 Å². The van der Waals surface area contributed by atoms with E-state index in [-0.39, 0.29) is 37.5 Å². The molecule has 0 saturated carbocycles. The third kappa shape index (κ3) is 7.59. The maximum Gasteiger partial charge on any atom is 0.416 e. The van der Waals surface area contributed by atoms with Gasteiger partial charge in [-0.25, -0.2) is 4.39 Å². The summed E-state index contributed by atoms with van der Waals surface area (Å²) in [6.45, 7) is 6.18. The van der Waals surface area contributed by atoms with Crippen molar-refractivity contribution in [2.24, 2.45) is 0 Å². The van der Waals surface area contributed by atoms with Crippen LogP contribution in [0.3, 0.4) is 0 Å². The summed E-state index contributed by atoms with van der Waals surface area (Å²) in [5, 5.41) is 0. The summed E-state index contributed by atoms with van der Waals surface area (Å²) in [6.07, 6.45) is -10.2. The lowest BCUT2D eigenvalue weighted by Gasteiger charge is -2.36. The molecule has 1 unspecified atom stereocenters. The van der Waals surface area contributed by atoms with E-state index in [0.717, 1.165) is 0 Å². The zero-order valence-electron chi connectivity index (χ0n) is 25.3. The smallest absolute Gasteiger partial charge is 0.340 e. The first-order valence-electron chi connectivity index (χ1n) is 14.4. The van der Waals surface area contributed by atoms with Crippen molar-refractivity contribution in [3.05, 3.63) is 70.5 Å². The molecule has 2 atom stereocenters. The molecule has 4 rings (SSSR count). The Balaban J connectivity index is 1.61. The first-order valence-corrected chi connectivity index (χ1v) is 14.4. The highest BCUT2D eigenvalue weighted by Crippen LogP contribution is 2.40. The van der Waals surface area contributed by atoms with E-state index in [9.17, 15) is 45.1 Å². The van der Waals surface area contributed by atoms with Crippen LogP contribution in [0, 0.1) is 5.82 Å². The fourth-order valence-electron chi connectivity index (χ4n) is 5.96. The van der Waals surface area contributed by atoms with Crippen molar-refractivity contribution in [1.29, 1.82) is 0 Å². The van der Waals surface area contributed by atoms with Crippen LogP contribution in [-0.4, -0.2) is 96.2 Å². The molecule has 2 heterocycles. The molecule has 0 spiro atoms. The molecule has 0 radical (unpaired) electrons. The van der Waals surface area contributed by atoms with E-state index in [1.54, 1.807) is 9.80 Å². The van der Waals surface area contributed by atoms with Crippen LogP contribution in [0.1, 0.15) is 48.9 Å². The highest BCUT2D eigenvalue weighted by Gasteiger charge is 2.45. The fourth-order valence-corrected chi connectivity index (χ4v) is 5.96. The molecule has 7 nitrogen and oxygen atoms in total. The van der Waals surface area contributed by atoms with Crippen LogP contribution in [0.25, 0.3) is 0 Å². The normalized spacial score (nSPS) is 20.0. The van der Waals surface area contributed by atoms with Crippen LogP contribution >= 0.6 is 0 Å². The SMILES string of the molecule is CC(=O)N1CCN(CC(=O)N2CC(c3ccc(F)cc3)[C@H](N(C)C(=O)C(C)(C)c3cc(C(F)(F)F)cc(C(F)(F)F)c3)C2)CC1. The van der Waals surface area contributed by atoms with Gasteiger partial charge in [-0.2, -0.15) is 26.3 Å². The summed E-state index contributed by atoms with van der Waals surface area (Å²) in [6, 6.07) is 5.91. The molecule has 2 fully saturated rings. The molecule has 45 heavy (non-hydrogen) atoms. The molecule has 0 bridgehead atoms. The number of rotatable bonds is 6. The van der Waals surface area contributed by atoms with Crippen LogP contribution < -0.4 is 0 Å². The van der Waals surface area contributed by atoms with Crippen LogP contribution in [0.2, 0.25) is 0 Å². The number of benzene rings is 2. The number of carbonyl (C=O) groups excluding carboxylic acids is 3. The molecule has 246 valence electrons. The summed E-state index contributed by atoms with van der Waals surface area (Å²) < 4.78 is 95.3. The zero-order valence-corrected chi connectivity index (χ0v) is 25.3. The number of piperazine rings is 1. The molecule has 0 aliphatic carbocycles. The maximum absolute atomic E-state index is 13.9. The van der Waals surface area contributed by atoms with Gasteiger partial charge in [-0.1, -0.05) is 12.1 Å². The summed E-state index contributed by atoms with van der Waals surface area (Å²) >= 11 is 0. The topological polar surface area (TPSA) is 64.2 Å². The van der Waals surface area contributed by atoms with Gasteiger partial charge in [0.1, 0.15) is 5.82 Å². The van der Waals surface area contributed by atoms with Gasteiger partial charge >= 0.3 is 12.4 Å². The van der Waals surface area contributed by atoms with Crippen LogP contribution in [-0.2, 0) is 32.2 Å². The first-order chi connectivity index (χ1) is 20.8. The predicted octanol–water partition coefficient (Wildman–Crippen LogP) is 4.76. The number of halogens is 7. The van der Waals surface area contributed by atoms with E-state index < -0.39 is 58.1 Å². The Labute approximate surface area is 256 Å². The molecular weight excluding hydrogens is 609 g/mol. The van der Waals surface area contributed by atoms with Gasteiger partial charge < -0.3 is 14.7 Å². The number of nitrogens with zero attached hydrogens (tertiary/aromatic N) is 4. The molecule has 2 aromatic rings. The fraction of sp³-hybridized carbons (Fsp3) is 0.516. The standard InChI is InChI=1S/C31H35F7N4O3/c1-19(43)41-11-9-40(10-12-41)18-27(44)42-16-25(20-5-7-24(32)8-6-20)26(17-42)39(4)28(45)29(2,3)21-13-22(30(33,34)35)15-23(14-21)31(36,37)38/h5-8,13-15,25-26H,9-12,16-18H2,1-4H3/t25?,26-/m1/s1. The Morgan fingerprint density at radius 2 is 1.31 bits per heavy atom. The van der Waals surface area contributed by atoms with Gasteiger partial charge in [0.15, 0.2) is 0 Å². The average molecular weight is 645 g/mol. The Hall–Kier alpha value is -3.68. The van der Waals surface area contributed by atoms with E-state index in [0.29, 0.717) is 43.9 Å². The summed E-state index contributed by atoms with van der Waals surface area (Å²) in [5.41, 5.74) is -4.72. The quantitative estimate of drug-likeness (QED) is 0.426.